The van der Waals surface area contributed by atoms with E-state index in [0.717, 1.165) is 19.1 Å². The van der Waals surface area contributed by atoms with Crippen molar-refractivity contribution >= 4 is 11.3 Å². The highest BCUT2D eigenvalue weighted by atomic mass is 19.4. The summed E-state index contributed by atoms with van der Waals surface area (Å²) in [5.41, 5.74) is -0.606. The van der Waals surface area contributed by atoms with E-state index in [-0.39, 0.29) is 6.04 Å². The largest absolute Gasteiger partial charge is 0.435 e. The Morgan fingerprint density at radius 2 is 2.29 bits per heavy atom. The van der Waals surface area contributed by atoms with Crippen molar-refractivity contribution in [3.63, 3.8) is 0 Å². The molecule has 2 aromatic rings. The predicted molar refractivity (Wildman–Crippen MR) is 70.0 cm³/mol. The summed E-state index contributed by atoms with van der Waals surface area (Å²) < 4.78 is 44.7. The standard InChI is InChI=1S/C13H15F3N4O/c1-8(9-2-5-21-7-9)18-12-10-6-11(13(14,15)16)19-20(10)4-3-17-12/h3-4,6,8-9H,2,5,7H2,1H3,(H,17,18). The van der Waals surface area contributed by atoms with E-state index in [9.17, 15) is 13.2 Å². The molecule has 0 radical (unpaired) electrons. The van der Waals surface area contributed by atoms with Gasteiger partial charge in [0.15, 0.2) is 11.5 Å². The number of ether oxygens (including phenoxy) is 1. The van der Waals surface area contributed by atoms with Crippen molar-refractivity contribution in [1.29, 1.82) is 0 Å². The Morgan fingerprint density at radius 1 is 1.48 bits per heavy atom. The fourth-order valence-corrected chi connectivity index (χ4v) is 2.45. The van der Waals surface area contributed by atoms with Gasteiger partial charge in [0, 0.05) is 37.0 Å². The molecule has 0 spiro atoms. The van der Waals surface area contributed by atoms with Crippen LogP contribution in [0.5, 0.6) is 0 Å². The van der Waals surface area contributed by atoms with E-state index in [4.69, 9.17) is 4.74 Å². The zero-order valence-corrected chi connectivity index (χ0v) is 11.4. The van der Waals surface area contributed by atoms with Gasteiger partial charge in [0.05, 0.1) is 6.61 Å². The van der Waals surface area contributed by atoms with Crippen LogP contribution in [0.15, 0.2) is 18.5 Å². The summed E-state index contributed by atoms with van der Waals surface area (Å²) in [4.78, 5) is 4.13. The van der Waals surface area contributed by atoms with E-state index < -0.39 is 11.9 Å². The third-order valence-corrected chi connectivity index (χ3v) is 3.72. The minimum absolute atomic E-state index is 0.0652. The van der Waals surface area contributed by atoms with Crippen LogP contribution in [0.2, 0.25) is 0 Å². The van der Waals surface area contributed by atoms with Gasteiger partial charge in [0.1, 0.15) is 5.52 Å². The predicted octanol–water partition coefficient (Wildman–Crippen LogP) is 2.58. The molecule has 0 bridgehead atoms. The molecule has 1 aliphatic heterocycles. The van der Waals surface area contributed by atoms with Gasteiger partial charge in [-0.2, -0.15) is 18.3 Å². The molecule has 8 heteroatoms. The topological polar surface area (TPSA) is 51.5 Å². The van der Waals surface area contributed by atoms with Gasteiger partial charge in [-0.1, -0.05) is 0 Å². The summed E-state index contributed by atoms with van der Waals surface area (Å²) in [5, 5.41) is 6.71. The molecule has 1 fully saturated rings. The number of hydrogen-bond donors (Lipinski definition) is 1. The Morgan fingerprint density at radius 3 is 2.95 bits per heavy atom. The molecule has 2 atom stereocenters. The molecule has 1 aliphatic rings. The number of alkyl halides is 3. The highest BCUT2D eigenvalue weighted by Crippen LogP contribution is 2.30. The van der Waals surface area contributed by atoms with Crippen molar-refractivity contribution in [2.75, 3.05) is 18.5 Å². The number of anilines is 1. The quantitative estimate of drug-likeness (QED) is 0.946. The smallest absolute Gasteiger partial charge is 0.381 e. The summed E-state index contributed by atoms with van der Waals surface area (Å²) in [6.45, 7) is 3.36. The molecular weight excluding hydrogens is 285 g/mol. The second-order valence-electron chi connectivity index (χ2n) is 5.19. The molecule has 5 nitrogen and oxygen atoms in total. The molecule has 114 valence electrons. The number of aromatic nitrogens is 3. The Labute approximate surface area is 119 Å². The molecule has 3 heterocycles. The molecule has 21 heavy (non-hydrogen) atoms. The van der Waals surface area contributed by atoms with Crippen LogP contribution in [0.1, 0.15) is 19.0 Å². The minimum atomic E-state index is -4.46. The van der Waals surface area contributed by atoms with Gasteiger partial charge in [-0.25, -0.2) is 9.50 Å². The molecule has 0 amide bonds. The molecule has 3 rings (SSSR count). The third-order valence-electron chi connectivity index (χ3n) is 3.72. The summed E-state index contributed by atoms with van der Waals surface area (Å²) in [6.07, 6.45) is -0.696. The van der Waals surface area contributed by atoms with Crippen molar-refractivity contribution in [3.05, 3.63) is 24.2 Å². The average molecular weight is 300 g/mol. The zero-order valence-electron chi connectivity index (χ0n) is 11.4. The van der Waals surface area contributed by atoms with Crippen molar-refractivity contribution in [3.8, 4) is 0 Å². The SMILES string of the molecule is CC(Nc1nccn2nc(C(F)(F)F)cc12)C1CCOC1. The Bertz CT molecular complexity index is 634. The first-order valence-electron chi connectivity index (χ1n) is 6.71. The van der Waals surface area contributed by atoms with Gasteiger partial charge < -0.3 is 10.1 Å². The van der Waals surface area contributed by atoms with Crippen molar-refractivity contribution in [2.45, 2.75) is 25.6 Å². The highest BCUT2D eigenvalue weighted by molar-refractivity contribution is 5.68. The van der Waals surface area contributed by atoms with Gasteiger partial charge in [0.25, 0.3) is 0 Å². The third kappa shape index (κ3) is 2.80. The number of nitrogens with zero attached hydrogens (tertiary/aromatic N) is 3. The van der Waals surface area contributed by atoms with E-state index in [1.165, 1.54) is 16.9 Å². The Kier molecular flexibility index (Phi) is 3.48. The zero-order chi connectivity index (χ0) is 15.0. The lowest BCUT2D eigenvalue weighted by Crippen LogP contribution is -2.26. The second kappa shape index (κ2) is 5.18. The monoisotopic (exact) mass is 300 g/mol. The lowest BCUT2D eigenvalue weighted by molar-refractivity contribution is -0.141. The first-order valence-corrected chi connectivity index (χ1v) is 6.71. The number of fused-ring (bicyclic) bond motifs is 1. The van der Waals surface area contributed by atoms with Gasteiger partial charge in [0.2, 0.25) is 0 Å². The molecule has 0 aromatic carbocycles. The average Bonchev–Trinajstić information content (AvgIpc) is 3.07. The summed E-state index contributed by atoms with van der Waals surface area (Å²) >= 11 is 0. The van der Waals surface area contributed by atoms with Crippen LogP contribution in [-0.4, -0.2) is 33.9 Å². The maximum absolute atomic E-state index is 12.7. The van der Waals surface area contributed by atoms with E-state index in [1.807, 2.05) is 6.92 Å². The van der Waals surface area contributed by atoms with E-state index in [2.05, 4.69) is 15.4 Å². The van der Waals surface area contributed by atoms with Crippen LogP contribution >= 0.6 is 0 Å². The number of rotatable bonds is 3. The van der Waals surface area contributed by atoms with Gasteiger partial charge in [-0.05, 0) is 13.3 Å². The minimum Gasteiger partial charge on any atom is -0.381 e. The highest BCUT2D eigenvalue weighted by Gasteiger charge is 2.34. The summed E-state index contributed by atoms with van der Waals surface area (Å²) in [5.74, 6) is 0.733. The Balaban J connectivity index is 1.89. The van der Waals surface area contributed by atoms with Crippen LogP contribution in [0.4, 0.5) is 19.0 Å². The van der Waals surface area contributed by atoms with Crippen LogP contribution in [-0.2, 0) is 10.9 Å². The van der Waals surface area contributed by atoms with E-state index in [1.54, 1.807) is 0 Å². The number of halogens is 3. The van der Waals surface area contributed by atoms with Gasteiger partial charge in [-0.15, -0.1) is 0 Å². The molecule has 2 aromatic heterocycles. The van der Waals surface area contributed by atoms with Crippen LogP contribution in [0, 0.1) is 5.92 Å². The first-order chi connectivity index (χ1) is 9.95. The number of nitrogens with one attached hydrogen (secondary N) is 1. The summed E-state index contributed by atoms with van der Waals surface area (Å²) in [6, 6.07) is 1.07. The van der Waals surface area contributed by atoms with E-state index >= 15 is 0 Å². The Hall–Kier alpha value is -1.83. The normalized spacial score (nSPS) is 20.9. The van der Waals surface area contributed by atoms with Crippen LogP contribution in [0.3, 0.4) is 0 Å². The second-order valence-corrected chi connectivity index (χ2v) is 5.19. The van der Waals surface area contributed by atoms with Crippen molar-refractivity contribution < 1.29 is 17.9 Å². The van der Waals surface area contributed by atoms with Gasteiger partial charge in [-0.3, -0.25) is 0 Å². The fraction of sp³-hybridized carbons (Fsp3) is 0.538. The number of hydrogen-bond acceptors (Lipinski definition) is 4. The maximum atomic E-state index is 12.7. The fourth-order valence-electron chi connectivity index (χ4n) is 2.45. The molecular formula is C13H15F3N4O. The molecule has 0 saturated carbocycles. The molecule has 0 aliphatic carbocycles. The van der Waals surface area contributed by atoms with Gasteiger partial charge >= 0.3 is 6.18 Å². The molecule has 2 unspecified atom stereocenters. The lowest BCUT2D eigenvalue weighted by atomic mass is 10.0. The summed E-state index contributed by atoms with van der Waals surface area (Å²) in [7, 11) is 0. The maximum Gasteiger partial charge on any atom is 0.435 e. The van der Waals surface area contributed by atoms with Crippen molar-refractivity contribution in [1.82, 2.24) is 14.6 Å². The molecule has 1 N–H and O–H groups in total. The van der Waals surface area contributed by atoms with Crippen LogP contribution < -0.4 is 5.32 Å². The van der Waals surface area contributed by atoms with E-state index in [0.29, 0.717) is 23.9 Å². The molecule has 1 saturated heterocycles. The van der Waals surface area contributed by atoms with Crippen molar-refractivity contribution in [2.24, 2.45) is 5.92 Å². The lowest BCUT2D eigenvalue weighted by Gasteiger charge is -2.20. The first kappa shape index (κ1) is 14.1. The van der Waals surface area contributed by atoms with Crippen LogP contribution in [0.25, 0.3) is 5.52 Å².